The van der Waals surface area contributed by atoms with E-state index in [1.54, 1.807) is 4.68 Å². The zero-order chi connectivity index (χ0) is 18.4. The normalized spacial score (nSPS) is 10.5. The minimum absolute atomic E-state index is 0.123. The highest BCUT2D eigenvalue weighted by molar-refractivity contribution is 7.99. The lowest BCUT2D eigenvalue weighted by Crippen LogP contribution is -2.07. The van der Waals surface area contributed by atoms with Crippen molar-refractivity contribution < 1.29 is 9.53 Å². The quantitative estimate of drug-likeness (QED) is 0.509. The number of hydrogen-bond acceptors (Lipinski definition) is 6. The molecule has 0 spiro atoms. The Hall–Kier alpha value is -2.87. The van der Waals surface area contributed by atoms with Crippen molar-refractivity contribution in [3.8, 4) is 11.4 Å². The van der Waals surface area contributed by atoms with Gasteiger partial charge in [0.05, 0.1) is 12.3 Å². The maximum atomic E-state index is 11.2. The first kappa shape index (κ1) is 17.9. The van der Waals surface area contributed by atoms with Crippen LogP contribution in [-0.4, -0.2) is 38.5 Å². The largest absolute Gasteiger partial charge is 0.493 e. The van der Waals surface area contributed by atoms with Crippen molar-refractivity contribution in [2.24, 2.45) is 0 Å². The third kappa shape index (κ3) is 4.82. The smallest absolute Gasteiger partial charge is 0.221 e. The molecule has 0 atom stereocenters. The fourth-order valence-electron chi connectivity index (χ4n) is 2.35. The van der Waals surface area contributed by atoms with E-state index in [0.717, 1.165) is 17.0 Å². The van der Waals surface area contributed by atoms with Crippen LogP contribution in [0.1, 0.15) is 12.5 Å². The second-order valence-corrected chi connectivity index (χ2v) is 6.68. The van der Waals surface area contributed by atoms with Crippen molar-refractivity contribution in [2.45, 2.75) is 19.0 Å². The molecule has 26 heavy (non-hydrogen) atoms. The van der Waals surface area contributed by atoms with Gasteiger partial charge >= 0.3 is 0 Å². The molecule has 8 heteroatoms. The highest BCUT2D eigenvalue weighted by Gasteiger charge is 2.10. The summed E-state index contributed by atoms with van der Waals surface area (Å²) in [5, 5.41) is 15.3. The summed E-state index contributed by atoms with van der Waals surface area (Å²) in [5.41, 5.74) is 2.64. The minimum Gasteiger partial charge on any atom is -0.493 e. The van der Waals surface area contributed by atoms with Gasteiger partial charge in [0, 0.05) is 18.4 Å². The molecular weight excluding hydrogens is 350 g/mol. The molecule has 0 bridgehead atoms. The summed E-state index contributed by atoms with van der Waals surface area (Å²) in [4.78, 5) is 11.2. The van der Waals surface area contributed by atoms with Gasteiger partial charge in [-0.3, -0.25) is 4.79 Å². The summed E-state index contributed by atoms with van der Waals surface area (Å²) in [7, 11) is 0. The Kier molecular flexibility index (Phi) is 5.85. The van der Waals surface area contributed by atoms with Crippen LogP contribution in [0.5, 0.6) is 5.75 Å². The van der Waals surface area contributed by atoms with Crippen molar-refractivity contribution in [3.05, 3.63) is 54.1 Å². The van der Waals surface area contributed by atoms with Crippen LogP contribution in [0, 0.1) is 6.92 Å². The molecule has 0 aliphatic carbocycles. The lowest BCUT2D eigenvalue weighted by atomic mass is 10.2. The maximum absolute atomic E-state index is 11.2. The number of anilines is 1. The molecule has 0 aliphatic rings. The monoisotopic (exact) mass is 369 g/mol. The first-order chi connectivity index (χ1) is 12.6. The average molecular weight is 369 g/mol. The number of carbonyl (C=O) groups is 1. The molecule has 134 valence electrons. The van der Waals surface area contributed by atoms with Gasteiger partial charge in [-0.1, -0.05) is 30.0 Å². The Morgan fingerprint density at radius 3 is 2.88 bits per heavy atom. The number of amides is 1. The van der Waals surface area contributed by atoms with Crippen LogP contribution in [0.2, 0.25) is 0 Å². The van der Waals surface area contributed by atoms with Gasteiger partial charge < -0.3 is 10.1 Å². The molecule has 2 aromatic carbocycles. The third-order valence-electron chi connectivity index (χ3n) is 3.42. The topological polar surface area (TPSA) is 81.9 Å². The fraction of sp³-hybridized carbons (Fsp3) is 0.222. The zero-order valence-corrected chi connectivity index (χ0v) is 15.4. The number of tetrazole rings is 1. The Bertz CT molecular complexity index is 897. The van der Waals surface area contributed by atoms with E-state index in [1.807, 2.05) is 55.5 Å². The number of benzene rings is 2. The highest BCUT2D eigenvalue weighted by Crippen LogP contribution is 2.21. The Morgan fingerprint density at radius 1 is 1.23 bits per heavy atom. The van der Waals surface area contributed by atoms with E-state index in [1.165, 1.54) is 18.7 Å². The number of aromatic nitrogens is 4. The van der Waals surface area contributed by atoms with E-state index < -0.39 is 0 Å². The molecule has 1 N–H and O–H groups in total. The van der Waals surface area contributed by atoms with Crippen molar-refractivity contribution in [2.75, 3.05) is 17.7 Å². The van der Waals surface area contributed by atoms with E-state index in [2.05, 4.69) is 20.8 Å². The van der Waals surface area contributed by atoms with Crippen LogP contribution in [0.15, 0.2) is 53.7 Å². The van der Waals surface area contributed by atoms with Crippen molar-refractivity contribution in [1.82, 2.24) is 20.2 Å². The van der Waals surface area contributed by atoms with Crippen LogP contribution in [0.25, 0.3) is 5.69 Å². The molecule has 0 fully saturated rings. The molecule has 1 heterocycles. The second-order valence-electron chi connectivity index (χ2n) is 5.62. The Labute approximate surface area is 155 Å². The molecule has 0 unspecified atom stereocenters. The summed E-state index contributed by atoms with van der Waals surface area (Å²) in [6, 6.07) is 15.3. The van der Waals surface area contributed by atoms with Gasteiger partial charge in [0.15, 0.2) is 0 Å². The van der Waals surface area contributed by atoms with Gasteiger partial charge in [-0.05, 0) is 53.2 Å². The van der Waals surface area contributed by atoms with E-state index in [-0.39, 0.29) is 5.91 Å². The lowest BCUT2D eigenvalue weighted by molar-refractivity contribution is -0.114. The highest BCUT2D eigenvalue weighted by atomic mass is 32.2. The molecule has 0 radical (unpaired) electrons. The number of rotatable bonds is 7. The summed E-state index contributed by atoms with van der Waals surface area (Å²) < 4.78 is 7.39. The minimum atomic E-state index is -0.123. The molecule has 0 aliphatic heterocycles. The van der Waals surface area contributed by atoms with Gasteiger partial charge in [-0.25, -0.2) is 0 Å². The van der Waals surface area contributed by atoms with Crippen molar-refractivity contribution in [3.63, 3.8) is 0 Å². The lowest BCUT2D eigenvalue weighted by Gasteiger charge is -2.08. The molecule has 7 nitrogen and oxygen atoms in total. The number of nitrogens with zero attached hydrogens (tertiary/aromatic N) is 4. The van der Waals surface area contributed by atoms with Gasteiger partial charge in [0.25, 0.3) is 0 Å². The molecule has 3 rings (SSSR count). The number of hydrogen-bond donors (Lipinski definition) is 1. The first-order valence-electron chi connectivity index (χ1n) is 8.10. The number of ether oxygens (including phenoxy) is 1. The predicted octanol–water partition coefficient (Wildman–Crippen LogP) is 3.10. The van der Waals surface area contributed by atoms with E-state index in [9.17, 15) is 4.79 Å². The van der Waals surface area contributed by atoms with Gasteiger partial charge in [0.2, 0.25) is 11.1 Å². The maximum Gasteiger partial charge on any atom is 0.221 e. The second kappa shape index (κ2) is 8.48. The molecule has 1 aromatic heterocycles. The molecule has 1 amide bonds. The van der Waals surface area contributed by atoms with Gasteiger partial charge in [0.1, 0.15) is 5.75 Å². The van der Waals surface area contributed by atoms with E-state index in [0.29, 0.717) is 23.2 Å². The molecule has 0 saturated carbocycles. The standard InChI is InChI=1S/C18H19N5O2S/c1-13-5-3-8-17(11-13)25-9-10-26-18-20-21-22-23(18)16-7-4-6-15(12-16)19-14(2)24/h3-8,11-12H,9-10H2,1-2H3,(H,19,24). The van der Waals surface area contributed by atoms with Crippen LogP contribution < -0.4 is 10.1 Å². The number of carbonyl (C=O) groups excluding carboxylic acids is 1. The van der Waals surface area contributed by atoms with Gasteiger partial charge in [-0.15, -0.1) is 5.10 Å². The summed E-state index contributed by atoms with van der Waals surface area (Å²) in [6.07, 6.45) is 0. The van der Waals surface area contributed by atoms with Crippen LogP contribution in [0.3, 0.4) is 0 Å². The predicted molar refractivity (Wildman–Crippen MR) is 101 cm³/mol. The molecule has 0 saturated heterocycles. The zero-order valence-electron chi connectivity index (χ0n) is 14.5. The average Bonchev–Trinajstić information content (AvgIpc) is 3.07. The van der Waals surface area contributed by atoms with Crippen LogP contribution >= 0.6 is 11.8 Å². The summed E-state index contributed by atoms with van der Waals surface area (Å²) >= 11 is 1.51. The summed E-state index contributed by atoms with van der Waals surface area (Å²) in [6.45, 7) is 4.05. The summed E-state index contributed by atoms with van der Waals surface area (Å²) in [5.74, 6) is 1.44. The van der Waals surface area contributed by atoms with Crippen molar-refractivity contribution >= 4 is 23.4 Å². The first-order valence-corrected chi connectivity index (χ1v) is 9.09. The van der Waals surface area contributed by atoms with E-state index >= 15 is 0 Å². The van der Waals surface area contributed by atoms with Crippen LogP contribution in [-0.2, 0) is 4.79 Å². The number of aryl methyl sites for hydroxylation is 1. The molecule has 3 aromatic rings. The number of nitrogens with one attached hydrogen (secondary N) is 1. The van der Waals surface area contributed by atoms with E-state index in [4.69, 9.17) is 4.74 Å². The number of thioether (sulfide) groups is 1. The third-order valence-corrected chi connectivity index (χ3v) is 4.31. The Morgan fingerprint density at radius 2 is 2.08 bits per heavy atom. The van der Waals surface area contributed by atoms with Gasteiger partial charge in [-0.2, -0.15) is 4.68 Å². The van der Waals surface area contributed by atoms with Crippen molar-refractivity contribution in [1.29, 1.82) is 0 Å². The molecular formula is C18H19N5O2S. The Balaban J connectivity index is 1.61. The fourth-order valence-corrected chi connectivity index (χ4v) is 3.05. The van der Waals surface area contributed by atoms with Crippen LogP contribution in [0.4, 0.5) is 5.69 Å². The SMILES string of the molecule is CC(=O)Nc1cccc(-n2nnnc2SCCOc2cccc(C)c2)c1.